The zero-order chi connectivity index (χ0) is 14.6. The van der Waals surface area contributed by atoms with E-state index >= 15 is 0 Å². The van der Waals surface area contributed by atoms with Crippen LogP contribution in [0, 0.1) is 5.92 Å². The van der Waals surface area contributed by atoms with E-state index in [1.54, 1.807) is 0 Å². The molecular formula is C15H28N2O3. The molecular weight excluding hydrogens is 256 g/mol. The number of amides is 1. The van der Waals surface area contributed by atoms with Gasteiger partial charge in [-0.1, -0.05) is 0 Å². The standard InChI is InChI=1S/C15H28N2O3/c1-15(2,3)20-14(18)17-7-4-6-16(8-9-17)11-13-5-10-19-12-13/h13H,4-12H2,1-3H3. The molecule has 0 aromatic rings. The highest BCUT2D eigenvalue weighted by atomic mass is 16.6. The zero-order valence-electron chi connectivity index (χ0n) is 13.1. The third-order valence-electron chi connectivity index (χ3n) is 3.78. The predicted molar refractivity (Wildman–Crippen MR) is 77.8 cm³/mol. The highest BCUT2D eigenvalue weighted by Gasteiger charge is 2.26. The number of hydrogen-bond donors (Lipinski definition) is 0. The first-order valence-corrected chi connectivity index (χ1v) is 7.72. The summed E-state index contributed by atoms with van der Waals surface area (Å²) < 4.78 is 10.9. The first kappa shape index (κ1) is 15.6. The minimum atomic E-state index is -0.412. The van der Waals surface area contributed by atoms with Gasteiger partial charge in [0.05, 0.1) is 6.61 Å². The lowest BCUT2D eigenvalue weighted by Gasteiger charge is -2.27. The second kappa shape index (κ2) is 6.76. The first-order valence-electron chi connectivity index (χ1n) is 7.72. The Kier molecular flexibility index (Phi) is 5.27. The Bertz CT molecular complexity index is 322. The minimum absolute atomic E-state index is 0.177. The molecule has 20 heavy (non-hydrogen) atoms. The average molecular weight is 284 g/mol. The maximum absolute atomic E-state index is 12.1. The van der Waals surface area contributed by atoms with E-state index in [-0.39, 0.29) is 6.09 Å². The van der Waals surface area contributed by atoms with Crippen molar-refractivity contribution >= 4 is 6.09 Å². The van der Waals surface area contributed by atoms with Gasteiger partial charge in [-0.15, -0.1) is 0 Å². The van der Waals surface area contributed by atoms with Crippen molar-refractivity contribution in [2.75, 3.05) is 45.9 Å². The van der Waals surface area contributed by atoms with Gasteiger partial charge in [-0.2, -0.15) is 0 Å². The van der Waals surface area contributed by atoms with Crippen LogP contribution in [0.5, 0.6) is 0 Å². The lowest BCUT2D eigenvalue weighted by molar-refractivity contribution is 0.0257. The Labute approximate surface area is 122 Å². The van der Waals surface area contributed by atoms with Crippen LogP contribution < -0.4 is 0 Å². The second-order valence-electron chi connectivity index (χ2n) is 6.85. The van der Waals surface area contributed by atoms with Crippen LogP contribution in [0.3, 0.4) is 0 Å². The molecule has 0 aromatic heterocycles. The van der Waals surface area contributed by atoms with Crippen molar-refractivity contribution in [1.82, 2.24) is 9.80 Å². The molecule has 1 amide bonds. The number of hydrogen-bond acceptors (Lipinski definition) is 4. The van der Waals surface area contributed by atoms with Crippen LogP contribution in [-0.2, 0) is 9.47 Å². The van der Waals surface area contributed by atoms with E-state index in [0.29, 0.717) is 5.92 Å². The van der Waals surface area contributed by atoms with E-state index in [2.05, 4.69) is 4.90 Å². The molecule has 0 N–H and O–H groups in total. The fourth-order valence-corrected chi connectivity index (χ4v) is 2.76. The average Bonchev–Trinajstić information content (AvgIpc) is 2.72. The molecule has 2 fully saturated rings. The number of ether oxygens (including phenoxy) is 2. The van der Waals surface area contributed by atoms with Gasteiger partial charge >= 0.3 is 6.09 Å². The normalized spacial score (nSPS) is 25.6. The Morgan fingerprint density at radius 1 is 1.25 bits per heavy atom. The highest BCUT2D eigenvalue weighted by molar-refractivity contribution is 5.68. The summed E-state index contributed by atoms with van der Waals surface area (Å²) >= 11 is 0. The minimum Gasteiger partial charge on any atom is -0.444 e. The fraction of sp³-hybridized carbons (Fsp3) is 0.933. The van der Waals surface area contributed by atoms with Crippen molar-refractivity contribution in [2.45, 2.75) is 39.2 Å². The van der Waals surface area contributed by atoms with E-state index in [1.807, 2.05) is 25.7 Å². The van der Waals surface area contributed by atoms with E-state index in [1.165, 1.54) is 6.42 Å². The van der Waals surface area contributed by atoms with Crippen molar-refractivity contribution < 1.29 is 14.3 Å². The van der Waals surface area contributed by atoms with Crippen LogP contribution in [0.15, 0.2) is 0 Å². The smallest absolute Gasteiger partial charge is 0.410 e. The molecule has 2 aliphatic heterocycles. The van der Waals surface area contributed by atoms with E-state index in [0.717, 1.165) is 52.4 Å². The van der Waals surface area contributed by atoms with Crippen LogP contribution in [0.2, 0.25) is 0 Å². The van der Waals surface area contributed by atoms with Gasteiger partial charge in [-0.3, -0.25) is 0 Å². The van der Waals surface area contributed by atoms with E-state index < -0.39 is 5.60 Å². The third kappa shape index (κ3) is 4.94. The molecule has 5 heteroatoms. The molecule has 0 saturated carbocycles. The maximum Gasteiger partial charge on any atom is 0.410 e. The molecule has 116 valence electrons. The summed E-state index contributed by atoms with van der Waals surface area (Å²) in [6.45, 7) is 12.2. The lowest BCUT2D eigenvalue weighted by atomic mass is 10.1. The molecule has 0 spiro atoms. The SMILES string of the molecule is CC(C)(C)OC(=O)N1CCCN(CC2CCOC2)CC1. The van der Waals surface area contributed by atoms with Crippen molar-refractivity contribution in [2.24, 2.45) is 5.92 Å². The summed E-state index contributed by atoms with van der Waals surface area (Å²) in [6, 6.07) is 0. The molecule has 0 aromatic carbocycles. The van der Waals surface area contributed by atoms with Gasteiger partial charge in [0.1, 0.15) is 5.60 Å². The van der Waals surface area contributed by atoms with Gasteiger partial charge in [-0.25, -0.2) is 4.79 Å². The van der Waals surface area contributed by atoms with Crippen LogP contribution in [-0.4, -0.2) is 67.4 Å². The molecule has 5 nitrogen and oxygen atoms in total. The van der Waals surface area contributed by atoms with Gasteiger partial charge in [-0.05, 0) is 46.1 Å². The monoisotopic (exact) mass is 284 g/mol. The third-order valence-corrected chi connectivity index (χ3v) is 3.78. The molecule has 0 radical (unpaired) electrons. The van der Waals surface area contributed by atoms with Crippen molar-refractivity contribution in [3.05, 3.63) is 0 Å². The van der Waals surface area contributed by atoms with Gasteiger partial charge in [0.15, 0.2) is 0 Å². The number of nitrogens with zero attached hydrogens (tertiary/aromatic N) is 2. The predicted octanol–water partition coefficient (Wildman–Crippen LogP) is 1.97. The molecule has 0 bridgehead atoms. The van der Waals surface area contributed by atoms with Gasteiger partial charge in [0, 0.05) is 32.8 Å². The van der Waals surface area contributed by atoms with E-state index in [9.17, 15) is 4.79 Å². The molecule has 0 aliphatic carbocycles. The summed E-state index contributed by atoms with van der Waals surface area (Å²) in [5, 5.41) is 0. The number of carbonyl (C=O) groups excluding carboxylic acids is 1. The second-order valence-corrected chi connectivity index (χ2v) is 6.85. The van der Waals surface area contributed by atoms with Gasteiger partial charge in [0.2, 0.25) is 0 Å². The van der Waals surface area contributed by atoms with Gasteiger partial charge in [0.25, 0.3) is 0 Å². The van der Waals surface area contributed by atoms with Crippen molar-refractivity contribution in [3.63, 3.8) is 0 Å². The summed E-state index contributed by atoms with van der Waals surface area (Å²) in [7, 11) is 0. The lowest BCUT2D eigenvalue weighted by Crippen LogP contribution is -2.39. The molecule has 2 rings (SSSR count). The van der Waals surface area contributed by atoms with Crippen molar-refractivity contribution in [3.8, 4) is 0 Å². The summed E-state index contributed by atoms with van der Waals surface area (Å²) in [5.41, 5.74) is -0.412. The fourth-order valence-electron chi connectivity index (χ4n) is 2.76. The Hall–Kier alpha value is -0.810. The first-order chi connectivity index (χ1) is 9.44. The van der Waals surface area contributed by atoms with Crippen LogP contribution in [0.1, 0.15) is 33.6 Å². The number of carbonyl (C=O) groups is 1. The molecule has 1 unspecified atom stereocenters. The molecule has 2 heterocycles. The van der Waals surface area contributed by atoms with E-state index in [4.69, 9.17) is 9.47 Å². The highest BCUT2D eigenvalue weighted by Crippen LogP contribution is 2.16. The molecule has 2 aliphatic rings. The largest absolute Gasteiger partial charge is 0.444 e. The topological polar surface area (TPSA) is 42.0 Å². The quantitative estimate of drug-likeness (QED) is 0.777. The Morgan fingerprint density at radius 3 is 2.70 bits per heavy atom. The number of rotatable bonds is 2. The van der Waals surface area contributed by atoms with Crippen LogP contribution >= 0.6 is 0 Å². The van der Waals surface area contributed by atoms with Crippen LogP contribution in [0.25, 0.3) is 0 Å². The molecule has 1 atom stereocenters. The molecule has 2 saturated heterocycles. The zero-order valence-corrected chi connectivity index (χ0v) is 13.1. The van der Waals surface area contributed by atoms with Crippen LogP contribution in [0.4, 0.5) is 4.79 Å². The van der Waals surface area contributed by atoms with Crippen molar-refractivity contribution in [1.29, 1.82) is 0 Å². The summed E-state index contributed by atoms with van der Waals surface area (Å²) in [4.78, 5) is 16.4. The summed E-state index contributed by atoms with van der Waals surface area (Å²) in [6.07, 6.45) is 2.02. The summed E-state index contributed by atoms with van der Waals surface area (Å²) in [5.74, 6) is 0.670. The Balaban J connectivity index is 1.77. The maximum atomic E-state index is 12.1. The Morgan fingerprint density at radius 2 is 2.05 bits per heavy atom. The van der Waals surface area contributed by atoms with Gasteiger partial charge < -0.3 is 19.3 Å².